The number of amides is 2. The lowest BCUT2D eigenvalue weighted by Crippen LogP contribution is -2.25. The highest BCUT2D eigenvalue weighted by Crippen LogP contribution is 2.42. The SMILES string of the molecule is COc1cc(Cl)ccc1CCNC(=O)c1ccc(Oc2cc3c(cc2Cl)C(C(=O)N=O)CCO3)cc1. The topological polar surface area (TPSA) is 103 Å². The Balaban J connectivity index is 1.38. The third-order valence-corrected chi connectivity index (χ3v) is 6.30. The summed E-state index contributed by atoms with van der Waals surface area (Å²) >= 11 is 12.3. The molecule has 0 aliphatic carbocycles. The van der Waals surface area contributed by atoms with Gasteiger partial charge in [-0.05, 0) is 60.9 Å². The van der Waals surface area contributed by atoms with E-state index in [4.69, 9.17) is 37.4 Å². The lowest BCUT2D eigenvalue weighted by atomic mass is 9.92. The minimum Gasteiger partial charge on any atom is -0.496 e. The number of nitroso groups, excluding NO2 is 1. The molecule has 1 aliphatic heterocycles. The van der Waals surface area contributed by atoms with Gasteiger partial charge in [0.2, 0.25) is 0 Å². The van der Waals surface area contributed by atoms with Crippen molar-refractivity contribution in [1.82, 2.24) is 5.32 Å². The molecule has 3 aromatic rings. The number of rotatable bonds is 8. The van der Waals surface area contributed by atoms with Gasteiger partial charge in [0.05, 0.1) is 24.7 Å². The maximum Gasteiger partial charge on any atom is 0.294 e. The van der Waals surface area contributed by atoms with Crippen LogP contribution in [0.2, 0.25) is 10.0 Å². The number of carbonyl (C=O) groups excluding carboxylic acids is 2. The van der Waals surface area contributed by atoms with Crippen LogP contribution >= 0.6 is 23.2 Å². The molecule has 36 heavy (non-hydrogen) atoms. The number of hydrogen-bond acceptors (Lipinski definition) is 6. The van der Waals surface area contributed by atoms with Gasteiger partial charge in [-0.2, -0.15) is 0 Å². The first-order valence-electron chi connectivity index (χ1n) is 11.1. The summed E-state index contributed by atoms with van der Waals surface area (Å²) in [6.07, 6.45) is 0.937. The summed E-state index contributed by atoms with van der Waals surface area (Å²) in [5, 5.41) is 6.25. The Morgan fingerprint density at radius 2 is 1.86 bits per heavy atom. The van der Waals surface area contributed by atoms with Gasteiger partial charge in [-0.25, -0.2) is 0 Å². The fraction of sp³-hybridized carbons (Fsp3) is 0.231. The summed E-state index contributed by atoms with van der Waals surface area (Å²) in [5.74, 6) is 0.188. The first-order chi connectivity index (χ1) is 17.4. The molecule has 2 amide bonds. The van der Waals surface area contributed by atoms with Crippen molar-refractivity contribution < 1.29 is 23.8 Å². The number of fused-ring (bicyclic) bond motifs is 1. The van der Waals surface area contributed by atoms with Crippen LogP contribution in [0.3, 0.4) is 0 Å². The molecule has 1 atom stereocenters. The van der Waals surface area contributed by atoms with E-state index in [2.05, 4.69) is 10.5 Å². The zero-order chi connectivity index (χ0) is 25.7. The zero-order valence-corrected chi connectivity index (χ0v) is 20.8. The molecule has 0 saturated heterocycles. The summed E-state index contributed by atoms with van der Waals surface area (Å²) in [5.41, 5.74) is 1.91. The highest BCUT2D eigenvalue weighted by atomic mass is 35.5. The highest BCUT2D eigenvalue weighted by Gasteiger charge is 2.30. The van der Waals surface area contributed by atoms with E-state index in [1.165, 1.54) is 0 Å². The first-order valence-corrected chi connectivity index (χ1v) is 11.9. The van der Waals surface area contributed by atoms with Crippen molar-refractivity contribution in [2.24, 2.45) is 5.18 Å². The van der Waals surface area contributed by atoms with Crippen molar-refractivity contribution >= 4 is 35.0 Å². The third-order valence-electron chi connectivity index (χ3n) is 5.77. The number of halogens is 2. The molecule has 0 spiro atoms. The smallest absolute Gasteiger partial charge is 0.294 e. The van der Waals surface area contributed by atoms with Crippen LogP contribution in [0, 0.1) is 4.91 Å². The largest absolute Gasteiger partial charge is 0.496 e. The predicted octanol–water partition coefficient (Wildman–Crippen LogP) is 5.93. The van der Waals surface area contributed by atoms with Gasteiger partial charge in [-0.3, -0.25) is 9.59 Å². The number of carbonyl (C=O) groups is 2. The van der Waals surface area contributed by atoms with Gasteiger partial charge in [-0.15, -0.1) is 4.91 Å². The van der Waals surface area contributed by atoms with Gasteiger partial charge in [-0.1, -0.05) is 29.3 Å². The highest BCUT2D eigenvalue weighted by molar-refractivity contribution is 6.32. The van der Waals surface area contributed by atoms with E-state index in [9.17, 15) is 14.5 Å². The summed E-state index contributed by atoms with van der Waals surface area (Å²) in [6.45, 7) is 0.692. The van der Waals surface area contributed by atoms with Crippen LogP contribution in [0.15, 0.2) is 59.8 Å². The quantitative estimate of drug-likeness (QED) is 0.363. The summed E-state index contributed by atoms with van der Waals surface area (Å²) in [4.78, 5) is 35.1. The van der Waals surface area contributed by atoms with E-state index in [1.54, 1.807) is 55.6 Å². The lowest BCUT2D eigenvalue weighted by Gasteiger charge is -2.24. The Bertz CT molecular complexity index is 1300. The average molecular weight is 529 g/mol. The molecule has 8 nitrogen and oxygen atoms in total. The van der Waals surface area contributed by atoms with Crippen molar-refractivity contribution in [3.05, 3.63) is 86.2 Å². The molecule has 4 rings (SSSR count). The van der Waals surface area contributed by atoms with Crippen molar-refractivity contribution in [1.29, 1.82) is 0 Å². The Kier molecular flexibility index (Phi) is 8.07. The molecule has 3 aromatic carbocycles. The number of nitrogens with one attached hydrogen (secondary N) is 1. The third kappa shape index (κ3) is 5.78. The molecule has 10 heteroatoms. The van der Waals surface area contributed by atoms with Crippen LogP contribution in [0.5, 0.6) is 23.0 Å². The lowest BCUT2D eigenvalue weighted by molar-refractivity contribution is -0.119. The second kappa shape index (κ2) is 11.4. The van der Waals surface area contributed by atoms with E-state index in [1.807, 2.05) is 6.07 Å². The molecule has 0 aromatic heterocycles. The second-order valence-electron chi connectivity index (χ2n) is 8.03. The van der Waals surface area contributed by atoms with Gasteiger partial charge < -0.3 is 19.5 Å². The molecule has 1 heterocycles. The molecule has 1 aliphatic rings. The number of ether oxygens (including phenoxy) is 3. The molecule has 186 valence electrons. The summed E-state index contributed by atoms with van der Waals surface area (Å²) < 4.78 is 16.8. The Morgan fingerprint density at radius 3 is 2.58 bits per heavy atom. The van der Waals surface area contributed by atoms with Gasteiger partial charge in [0.15, 0.2) is 0 Å². The van der Waals surface area contributed by atoms with E-state index < -0.39 is 11.8 Å². The van der Waals surface area contributed by atoms with E-state index in [0.717, 1.165) is 5.56 Å². The maximum atomic E-state index is 12.5. The number of nitrogens with zero attached hydrogens (tertiary/aromatic N) is 1. The Hall–Kier alpha value is -3.62. The standard InChI is InChI=1S/C26H22Cl2N2O6/c1-34-22-12-17(27)5-2-15(22)8-10-29-25(31)16-3-6-18(7-4-16)36-24-14-23-20(13-21(24)28)19(9-11-35-23)26(32)30-33/h2-7,12-14,19H,8-11H2,1H3,(H,29,31). The average Bonchev–Trinajstić information content (AvgIpc) is 2.89. The minimum absolute atomic E-state index is 0.228. The van der Waals surface area contributed by atoms with Crippen molar-refractivity contribution in [2.75, 3.05) is 20.3 Å². The number of hydrogen-bond donors (Lipinski definition) is 1. The fourth-order valence-corrected chi connectivity index (χ4v) is 4.30. The van der Waals surface area contributed by atoms with Gasteiger partial charge >= 0.3 is 0 Å². The molecular weight excluding hydrogens is 507 g/mol. The van der Waals surface area contributed by atoms with E-state index >= 15 is 0 Å². The molecular formula is C26H22Cl2N2O6. The van der Waals surface area contributed by atoms with Crippen LogP contribution < -0.4 is 19.5 Å². The monoisotopic (exact) mass is 528 g/mol. The number of benzene rings is 3. The summed E-state index contributed by atoms with van der Waals surface area (Å²) in [7, 11) is 1.57. The van der Waals surface area contributed by atoms with E-state index in [0.29, 0.717) is 58.5 Å². The number of methoxy groups -OCH3 is 1. The van der Waals surface area contributed by atoms with Crippen molar-refractivity contribution in [3.8, 4) is 23.0 Å². The van der Waals surface area contributed by atoms with Gasteiger partial charge in [0.1, 0.15) is 23.0 Å². The van der Waals surface area contributed by atoms with Crippen LogP contribution in [0.4, 0.5) is 0 Å². The molecule has 0 fully saturated rings. The van der Waals surface area contributed by atoms with Crippen LogP contribution in [0.1, 0.15) is 33.8 Å². The van der Waals surface area contributed by atoms with Gasteiger partial charge in [0.25, 0.3) is 11.8 Å². The zero-order valence-electron chi connectivity index (χ0n) is 19.3. The molecule has 0 radical (unpaired) electrons. The molecule has 0 bridgehead atoms. The minimum atomic E-state index is -0.759. The van der Waals surface area contributed by atoms with Gasteiger partial charge in [0, 0.05) is 33.9 Å². The van der Waals surface area contributed by atoms with Crippen molar-refractivity contribution in [2.45, 2.75) is 18.8 Å². The predicted molar refractivity (Wildman–Crippen MR) is 136 cm³/mol. The van der Waals surface area contributed by atoms with E-state index in [-0.39, 0.29) is 17.5 Å². The van der Waals surface area contributed by atoms with Crippen LogP contribution in [-0.2, 0) is 11.2 Å². The maximum absolute atomic E-state index is 12.5. The fourth-order valence-electron chi connectivity index (χ4n) is 3.93. The second-order valence-corrected chi connectivity index (χ2v) is 8.87. The normalized spacial score (nSPS) is 14.2. The Labute approximate surface area is 217 Å². The first kappa shape index (κ1) is 25.5. The van der Waals surface area contributed by atoms with Crippen molar-refractivity contribution in [3.63, 3.8) is 0 Å². The molecule has 1 N–H and O–H groups in total. The Morgan fingerprint density at radius 1 is 1.08 bits per heavy atom. The van der Waals surface area contributed by atoms with Crippen LogP contribution in [0.25, 0.3) is 0 Å². The molecule has 0 saturated carbocycles. The van der Waals surface area contributed by atoms with Crippen LogP contribution in [-0.4, -0.2) is 32.1 Å². The summed E-state index contributed by atoms with van der Waals surface area (Å²) in [6, 6.07) is 15.1. The molecule has 1 unspecified atom stereocenters.